The van der Waals surface area contributed by atoms with Gasteiger partial charge in [0.1, 0.15) is 22.9 Å². The molecule has 2 N–H and O–H groups in total. The Labute approximate surface area is 239 Å². The average molecular weight is 613 g/mol. The Bertz CT molecular complexity index is 1640. The van der Waals surface area contributed by atoms with Crippen LogP contribution in [0.3, 0.4) is 0 Å². The molecular weight excluding hydrogens is 589 g/mol. The summed E-state index contributed by atoms with van der Waals surface area (Å²) in [5.74, 6) is -2.30. The van der Waals surface area contributed by atoms with Gasteiger partial charge in [-0.25, -0.2) is 4.39 Å². The lowest BCUT2D eigenvalue weighted by Crippen LogP contribution is -2.25. The summed E-state index contributed by atoms with van der Waals surface area (Å²) in [6, 6.07) is 10.7. The van der Waals surface area contributed by atoms with Gasteiger partial charge >= 0.3 is 12.5 Å². The predicted molar refractivity (Wildman–Crippen MR) is 141 cm³/mol. The maximum absolute atomic E-state index is 15.1. The normalized spacial score (nSPS) is 11.8. The molecular formula is C28H23F7N4O4. The summed E-state index contributed by atoms with van der Waals surface area (Å²) in [7, 11) is 0. The Balaban J connectivity index is 1.64. The van der Waals surface area contributed by atoms with E-state index in [0.29, 0.717) is 6.54 Å². The monoisotopic (exact) mass is 612 g/mol. The summed E-state index contributed by atoms with van der Waals surface area (Å²) < 4.78 is 100.0. The Hall–Kier alpha value is -4.82. The van der Waals surface area contributed by atoms with Crippen molar-refractivity contribution in [3.05, 3.63) is 82.5 Å². The molecule has 0 bridgehead atoms. The Morgan fingerprint density at radius 2 is 1.67 bits per heavy atom. The number of H-pyrrole nitrogens is 1. The molecule has 1 amide bonds. The first-order valence-corrected chi connectivity index (χ1v) is 12.7. The van der Waals surface area contributed by atoms with E-state index in [-0.39, 0.29) is 47.0 Å². The van der Waals surface area contributed by atoms with Crippen molar-refractivity contribution in [3.8, 4) is 34.0 Å². The number of aromatic nitrogens is 3. The van der Waals surface area contributed by atoms with E-state index in [0.717, 1.165) is 30.3 Å². The highest BCUT2D eigenvalue weighted by Gasteiger charge is 2.31. The van der Waals surface area contributed by atoms with Crippen LogP contribution in [0.4, 0.5) is 36.4 Å². The van der Waals surface area contributed by atoms with Crippen LogP contribution in [0.15, 0.2) is 65.6 Å². The number of alkyl halides is 6. The zero-order valence-corrected chi connectivity index (χ0v) is 22.3. The van der Waals surface area contributed by atoms with E-state index in [1.54, 1.807) is 6.20 Å². The van der Waals surface area contributed by atoms with Gasteiger partial charge in [0.2, 0.25) is 0 Å². The second-order valence-corrected chi connectivity index (χ2v) is 9.09. The molecule has 2 aromatic carbocycles. The summed E-state index contributed by atoms with van der Waals surface area (Å²) in [5.41, 5.74) is -1.14. The number of halogens is 7. The summed E-state index contributed by atoms with van der Waals surface area (Å²) >= 11 is 0. The number of aromatic amines is 1. The number of pyridine rings is 1. The van der Waals surface area contributed by atoms with E-state index < -0.39 is 47.6 Å². The zero-order chi connectivity index (χ0) is 31.4. The molecule has 2 aromatic heterocycles. The van der Waals surface area contributed by atoms with Gasteiger partial charge < -0.3 is 19.8 Å². The van der Waals surface area contributed by atoms with Crippen molar-refractivity contribution >= 4 is 11.6 Å². The molecule has 4 aromatic rings. The van der Waals surface area contributed by atoms with E-state index in [1.165, 1.54) is 28.9 Å². The quantitative estimate of drug-likeness (QED) is 0.149. The van der Waals surface area contributed by atoms with Gasteiger partial charge in [0.25, 0.3) is 11.5 Å². The molecule has 0 atom stereocenters. The maximum Gasteiger partial charge on any atom is 0.573 e. The van der Waals surface area contributed by atoms with Gasteiger partial charge in [-0.1, -0.05) is 0 Å². The fraction of sp³-hybridized carbons (Fsp3) is 0.250. The van der Waals surface area contributed by atoms with Gasteiger partial charge in [0.05, 0.1) is 18.0 Å². The lowest BCUT2D eigenvalue weighted by Gasteiger charge is -2.13. The topological polar surface area (TPSA) is 98.2 Å². The SMILES string of the molecule is CCn1ccc(-c2cc(-c3ccc(OCCCC(F)(F)F)cc3F)[nH]c(=O)c2C(=O)Nc2ccc(OC(F)(F)F)cc2)n1. The fourth-order valence-electron chi connectivity index (χ4n) is 4.01. The van der Waals surface area contributed by atoms with E-state index in [4.69, 9.17) is 4.74 Å². The lowest BCUT2D eigenvalue weighted by atomic mass is 10.0. The molecule has 228 valence electrons. The van der Waals surface area contributed by atoms with Crippen LogP contribution in [-0.4, -0.2) is 39.8 Å². The molecule has 0 unspecified atom stereocenters. The smallest absolute Gasteiger partial charge is 0.493 e. The number of amides is 1. The molecule has 0 fully saturated rings. The molecule has 0 saturated heterocycles. The molecule has 0 radical (unpaired) electrons. The molecule has 15 heteroatoms. The van der Waals surface area contributed by atoms with Gasteiger partial charge in [-0.05, 0) is 61.9 Å². The highest BCUT2D eigenvalue weighted by molar-refractivity contribution is 6.08. The van der Waals surface area contributed by atoms with E-state index >= 15 is 4.39 Å². The number of nitrogens with zero attached hydrogens (tertiary/aromatic N) is 2. The second-order valence-electron chi connectivity index (χ2n) is 9.09. The highest BCUT2D eigenvalue weighted by Crippen LogP contribution is 2.30. The van der Waals surface area contributed by atoms with Gasteiger partial charge in [-0.2, -0.15) is 18.3 Å². The van der Waals surface area contributed by atoms with Crippen LogP contribution in [0, 0.1) is 5.82 Å². The number of rotatable bonds is 10. The number of hydrogen-bond acceptors (Lipinski definition) is 5. The number of hydrogen-bond donors (Lipinski definition) is 2. The number of nitrogens with one attached hydrogen (secondary N) is 2. The third-order valence-corrected chi connectivity index (χ3v) is 5.95. The second kappa shape index (κ2) is 12.6. The maximum atomic E-state index is 15.1. The van der Waals surface area contributed by atoms with E-state index in [9.17, 15) is 35.9 Å². The van der Waals surface area contributed by atoms with E-state index in [2.05, 4.69) is 20.1 Å². The number of aryl methyl sites for hydroxylation is 1. The Morgan fingerprint density at radius 1 is 0.977 bits per heavy atom. The average Bonchev–Trinajstić information content (AvgIpc) is 3.40. The van der Waals surface area contributed by atoms with Crippen molar-refractivity contribution in [2.45, 2.75) is 38.8 Å². The molecule has 4 rings (SSSR count). The van der Waals surface area contributed by atoms with Crippen LogP contribution in [0.5, 0.6) is 11.5 Å². The van der Waals surface area contributed by atoms with E-state index in [1.807, 2.05) is 6.92 Å². The van der Waals surface area contributed by atoms with Gasteiger partial charge in [-0.15, -0.1) is 13.2 Å². The van der Waals surface area contributed by atoms with Crippen molar-refractivity contribution in [1.29, 1.82) is 0 Å². The van der Waals surface area contributed by atoms with Crippen molar-refractivity contribution in [3.63, 3.8) is 0 Å². The van der Waals surface area contributed by atoms with Crippen LogP contribution in [0.2, 0.25) is 0 Å². The Kier molecular flexibility index (Phi) is 9.11. The largest absolute Gasteiger partial charge is 0.573 e. The highest BCUT2D eigenvalue weighted by atomic mass is 19.4. The standard InChI is InChI=1S/C28H23F7N4O4/c1-2-39-12-10-22(38-39)20-15-23(19-9-8-18(14-21(19)29)42-13-3-11-27(30,31)32)37-26(41)24(20)25(40)36-16-4-6-17(7-5-16)43-28(33,34)35/h4-10,12,14-15H,2-3,11,13H2,1H3,(H,36,40)(H,37,41). The molecule has 0 aliphatic heterocycles. The third-order valence-electron chi connectivity index (χ3n) is 5.95. The first-order valence-electron chi connectivity index (χ1n) is 12.7. The van der Waals surface area contributed by atoms with Crippen molar-refractivity contribution in [2.24, 2.45) is 0 Å². The molecule has 0 saturated carbocycles. The van der Waals surface area contributed by atoms with Crippen molar-refractivity contribution in [2.75, 3.05) is 11.9 Å². The van der Waals surface area contributed by atoms with Gasteiger partial charge in [0.15, 0.2) is 0 Å². The van der Waals surface area contributed by atoms with Crippen LogP contribution in [0.1, 0.15) is 30.1 Å². The summed E-state index contributed by atoms with van der Waals surface area (Å²) in [6.07, 6.45) is -9.01. The molecule has 8 nitrogen and oxygen atoms in total. The number of ether oxygens (including phenoxy) is 2. The fourth-order valence-corrected chi connectivity index (χ4v) is 4.01. The molecule has 43 heavy (non-hydrogen) atoms. The van der Waals surface area contributed by atoms with Gasteiger partial charge in [0, 0.05) is 42.0 Å². The van der Waals surface area contributed by atoms with Crippen molar-refractivity contribution < 1.29 is 45.0 Å². The number of benzene rings is 2. The minimum atomic E-state index is -4.90. The zero-order valence-electron chi connectivity index (χ0n) is 22.3. The summed E-state index contributed by atoms with van der Waals surface area (Å²) in [5, 5.41) is 6.77. The van der Waals surface area contributed by atoms with Crippen molar-refractivity contribution in [1.82, 2.24) is 14.8 Å². The lowest BCUT2D eigenvalue weighted by molar-refractivity contribution is -0.274. The van der Waals surface area contributed by atoms with Crippen LogP contribution < -0.4 is 20.3 Å². The van der Waals surface area contributed by atoms with Gasteiger partial charge in [-0.3, -0.25) is 14.3 Å². The Morgan fingerprint density at radius 3 is 2.28 bits per heavy atom. The van der Waals surface area contributed by atoms with Crippen LogP contribution >= 0.6 is 0 Å². The third kappa shape index (κ3) is 8.36. The molecule has 0 spiro atoms. The number of carbonyl (C=O) groups is 1. The van der Waals surface area contributed by atoms with Crippen LogP contribution in [0.25, 0.3) is 22.5 Å². The molecule has 0 aliphatic carbocycles. The first kappa shape index (κ1) is 31.1. The minimum Gasteiger partial charge on any atom is -0.493 e. The summed E-state index contributed by atoms with van der Waals surface area (Å²) in [4.78, 5) is 28.9. The first-order chi connectivity index (χ1) is 20.2. The molecule has 0 aliphatic rings. The summed E-state index contributed by atoms with van der Waals surface area (Å²) in [6.45, 7) is 1.98. The van der Waals surface area contributed by atoms with Crippen LogP contribution in [-0.2, 0) is 6.54 Å². The minimum absolute atomic E-state index is 0.0182. The predicted octanol–water partition coefficient (Wildman–Crippen LogP) is 6.94. The molecule has 2 heterocycles. The number of anilines is 1. The number of carbonyl (C=O) groups excluding carboxylic acids is 1.